The topological polar surface area (TPSA) is 66.4 Å². The fourth-order valence-electron chi connectivity index (χ4n) is 3.95. The smallest absolute Gasteiger partial charge is 0.136 e. The second-order valence-corrected chi connectivity index (χ2v) is 8.34. The highest BCUT2D eigenvalue weighted by Gasteiger charge is 2.34. The van der Waals surface area contributed by atoms with Crippen LogP contribution in [0.1, 0.15) is 51.2 Å². The van der Waals surface area contributed by atoms with Crippen LogP contribution in [-0.2, 0) is 4.74 Å². The number of benzene rings is 2. The van der Waals surface area contributed by atoms with Gasteiger partial charge in [-0.25, -0.2) is 0 Å². The summed E-state index contributed by atoms with van der Waals surface area (Å²) in [4.78, 5) is 0. The van der Waals surface area contributed by atoms with E-state index in [0.29, 0.717) is 29.6 Å². The molecule has 0 saturated heterocycles. The molecule has 0 aliphatic heterocycles. The summed E-state index contributed by atoms with van der Waals surface area (Å²) in [5.74, 6) is 2.66. The van der Waals surface area contributed by atoms with E-state index in [9.17, 15) is 0 Å². The van der Waals surface area contributed by atoms with Crippen LogP contribution < -0.4 is 18.9 Å². The van der Waals surface area contributed by atoms with Crippen molar-refractivity contribution in [1.82, 2.24) is 0 Å². The predicted octanol–water partition coefficient (Wildman–Crippen LogP) is 5.70. The first kappa shape index (κ1) is 25.8. The Balaban J connectivity index is 2.64. The molecule has 0 aliphatic rings. The van der Waals surface area contributed by atoms with Crippen LogP contribution >= 0.6 is 0 Å². The number of ether oxygens (including phenoxy) is 5. The second-order valence-electron chi connectivity index (χ2n) is 8.34. The van der Waals surface area contributed by atoms with Gasteiger partial charge in [-0.05, 0) is 31.0 Å². The Morgan fingerprint density at radius 3 is 2.00 bits per heavy atom. The first-order chi connectivity index (χ1) is 15.4. The van der Waals surface area contributed by atoms with E-state index in [2.05, 4.69) is 20.4 Å². The van der Waals surface area contributed by atoms with Crippen molar-refractivity contribution in [3.05, 3.63) is 36.4 Å². The molecular weight excluding hydrogens is 408 g/mol. The molecule has 0 aromatic heterocycles. The van der Waals surface area contributed by atoms with E-state index < -0.39 is 0 Å². The van der Waals surface area contributed by atoms with Crippen molar-refractivity contribution in [1.29, 1.82) is 0 Å². The zero-order chi connectivity index (χ0) is 23.7. The molecule has 0 radical (unpaired) electrons. The third-order valence-electron chi connectivity index (χ3n) is 5.84. The SMILES string of the molecule is C=CC(C)(C)C(OCCCCCCO)c1cc(OC)c2c(OC)ccc(OC)c2c1OC. The van der Waals surface area contributed by atoms with Crippen LogP contribution in [0.4, 0.5) is 0 Å². The van der Waals surface area contributed by atoms with Crippen LogP contribution in [0, 0.1) is 5.41 Å². The van der Waals surface area contributed by atoms with Gasteiger partial charge in [0.1, 0.15) is 23.0 Å². The molecule has 6 heteroatoms. The van der Waals surface area contributed by atoms with Crippen molar-refractivity contribution < 1.29 is 28.8 Å². The van der Waals surface area contributed by atoms with E-state index in [0.717, 1.165) is 42.0 Å². The number of fused-ring (bicyclic) bond motifs is 1. The van der Waals surface area contributed by atoms with Crippen LogP contribution in [-0.4, -0.2) is 46.8 Å². The molecule has 2 aromatic carbocycles. The number of hydrogen-bond donors (Lipinski definition) is 1. The van der Waals surface area contributed by atoms with Crippen molar-refractivity contribution in [2.24, 2.45) is 5.41 Å². The maximum absolute atomic E-state index is 8.98. The molecule has 2 rings (SSSR count). The van der Waals surface area contributed by atoms with E-state index in [1.807, 2.05) is 24.3 Å². The molecule has 1 N–H and O–H groups in total. The summed E-state index contributed by atoms with van der Waals surface area (Å²) >= 11 is 0. The van der Waals surface area contributed by atoms with Crippen molar-refractivity contribution >= 4 is 10.8 Å². The molecule has 1 atom stereocenters. The lowest BCUT2D eigenvalue weighted by Gasteiger charge is -2.33. The minimum absolute atomic E-state index is 0.229. The van der Waals surface area contributed by atoms with Gasteiger partial charge in [-0.1, -0.05) is 32.8 Å². The van der Waals surface area contributed by atoms with Gasteiger partial charge in [-0.15, -0.1) is 6.58 Å². The average Bonchev–Trinajstić information content (AvgIpc) is 2.81. The molecule has 0 bridgehead atoms. The fraction of sp³-hybridized carbons (Fsp3) is 0.538. The van der Waals surface area contributed by atoms with Crippen LogP contribution in [0.5, 0.6) is 23.0 Å². The van der Waals surface area contributed by atoms with Gasteiger partial charge in [0.2, 0.25) is 0 Å². The van der Waals surface area contributed by atoms with Crippen molar-refractivity contribution in [2.75, 3.05) is 41.7 Å². The van der Waals surface area contributed by atoms with Crippen LogP contribution in [0.15, 0.2) is 30.9 Å². The summed E-state index contributed by atoms with van der Waals surface area (Å²) in [6, 6.07) is 5.68. The van der Waals surface area contributed by atoms with E-state index >= 15 is 0 Å². The lowest BCUT2D eigenvalue weighted by molar-refractivity contribution is -0.0105. The van der Waals surface area contributed by atoms with Crippen molar-refractivity contribution in [3.8, 4) is 23.0 Å². The maximum Gasteiger partial charge on any atom is 0.136 e. The fourth-order valence-corrected chi connectivity index (χ4v) is 3.95. The van der Waals surface area contributed by atoms with Gasteiger partial charge >= 0.3 is 0 Å². The highest BCUT2D eigenvalue weighted by atomic mass is 16.5. The monoisotopic (exact) mass is 446 g/mol. The van der Waals surface area contributed by atoms with Gasteiger partial charge in [-0.2, -0.15) is 0 Å². The molecule has 0 spiro atoms. The maximum atomic E-state index is 8.98. The number of methoxy groups -OCH3 is 4. The molecule has 2 aromatic rings. The van der Waals surface area contributed by atoms with Crippen LogP contribution in [0.2, 0.25) is 0 Å². The molecule has 6 nitrogen and oxygen atoms in total. The molecule has 0 heterocycles. The Bertz CT molecular complexity index is 890. The number of aliphatic hydroxyl groups is 1. The number of aliphatic hydroxyl groups excluding tert-OH is 1. The zero-order valence-corrected chi connectivity index (χ0v) is 20.3. The number of unbranched alkanes of at least 4 members (excludes halogenated alkanes) is 3. The number of rotatable bonds is 14. The summed E-state index contributed by atoms with van der Waals surface area (Å²) in [7, 11) is 6.55. The lowest BCUT2D eigenvalue weighted by atomic mass is 9.81. The summed E-state index contributed by atoms with van der Waals surface area (Å²) < 4.78 is 29.5. The lowest BCUT2D eigenvalue weighted by Crippen LogP contribution is -2.24. The van der Waals surface area contributed by atoms with Gasteiger partial charge < -0.3 is 28.8 Å². The first-order valence-corrected chi connectivity index (χ1v) is 11.1. The summed E-state index contributed by atoms with van der Waals surface area (Å²) in [5.41, 5.74) is 0.493. The highest BCUT2D eigenvalue weighted by Crippen LogP contribution is 2.51. The Morgan fingerprint density at radius 1 is 0.875 bits per heavy atom. The van der Waals surface area contributed by atoms with Gasteiger partial charge in [-0.3, -0.25) is 0 Å². The van der Waals surface area contributed by atoms with E-state index in [1.54, 1.807) is 28.4 Å². The van der Waals surface area contributed by atoms with Gasteiger partial charge in [0.05, 0.1) is 45.3 Å². The normalized spacial score (nSPS) is 12.5. The zero-order valence-electron chi connectivity index (χ0n) is 20.3. The summed E-state index contributed by atoms with van der Waals surface area (Å²) in [5, 5.41) is 10.5. The Kier molecular flexibility index (Phi) is 9.66. The van der Waals surface area contributed by atoms with Gasteiger partial charge in [0, 0.05) is 24.2 Å². The predicted molar refractivity (Wildman–Crippen MR) is 128 cm³/mol. The quantitative estimate of drug-likeness (QED) is 0.297. The minimum atomic E-state index is -0.372. The van der Waals surface area contributed by atoms with E-state index in [1.165, 1.54) is 0 Å². The van der Waals surface area contributed by atoms with Crippen molar-refractivity contribution in [2.45, 2.75) is 45.6 Å². The Morgan fingerprint density at radius 2 is 1.47 bits per heavy atom. The average molecular weight is 447 g/mol. The first-order valence-electron chi connectivity index (χ1n) is 11.1. The minimum Gasteiger partial charge on any atom is -0.496 e. The van der Waals surface area contributed by atoms with Crippen LogP contribution in [0.3, 0.4) is 0 Å². The highest BCUT2D eigenvalue weighted by molar-refractivity contribution is 6.03. The van der Waals surface area contributed by atoms with E-state index in [-0.39, 0.29) is 18.1 Å². The van der Waals surface area contributed by atoms with Crippen LogP contribution in [0.25, 0.3) is 10.8 Å². The largest absolute Gasteiger partial charge is 0.496 e. The molecule has 0 amide bonds. The van der Waals surface area contributed by atoms with Gasteiger partial charge in [0.25, 0.3) is 0 Å². The summed E-state index contributed by atoms with van der Waals surface area (Å²) in [6.45, 7) is 9.05. The standard InChI is InChI=1S/C26H38O6/c1-8-26(2,3)25(32-16-12-10-9-11-15-27)18-17-21(30-6)22-19(28-4)13-14-20(29-5)23(22)24(18)31-7/h8,13-14,17,25,27H,1,9-12,15-16H2,2-7H3. The van der Waals surface area contributed by atoms with Gasteiger partial charge in [0.15, 0.2) is 0 Å². The molecule has 32 heavy (non-hydrogen) atoms. The summed E-state index contributed by atoms with van der Waals surface area (Å²) in [6.07, 6.45) is 5.31. The number of hydrogen-bond acceptors (Lipinski definition) is 6. The Hall–Kier alpha value is -2.44. The molecule has 1 unspecified atom stereocenters. The third-order valence-corrected chi connectivity index (χ3v) is 5.84. The molecule has 0 aliphatic carbocycles. The van der Waals surface area contributed by atoms with Crippen molar-refractivity contribution in [3.63, 3.8) is 0 Å². The molecule has 0 saturated carbocycles. The molecule has 0 fully saturated rings. The second kappa shape index (κ2) is 12.0. The molecular formula is C26H38O6. The van der Waals surface area contributed by atoms with E-state index in [4.69, 9.17) is 28.8 Å². The Labute approximate surface area is 192 Å². The molecule has 178 valence electrons. The third kappa shape index (κ3) is 5.48.